The minimum atomic E-state index is -0.909. The molecule has 0 aromatic heterocycles. The van der Waals surface area contributed by atoms with Gasteiger partial charge in [0.1, 0.15) is 0 Å². The first-order valence-electron chi connectivity index (χ1n) is 4.17. The molecule has 70 valence electrons. The van der Waals surface area contributed by atoms with Crippen molar-refractivity contribution in [3.8, 4) is 0 Å². The Morgan fingerprint density at radius 2 is 1.85 bits per heavy atom. The minimum absolute atomic E-state index is 0.167. The van der Waals surface area contributed by atoms with E-state index >= 15 is 0 Å². The molecule has 0 aliphatic carbocycles. The molecule has 0 amide bonds. The molecule has 3 heteroatoms. The van der Waals surface area contributed by atoms with E-state index in [1.165, 1.54) is 0 Å². The molecule has 0 aliphatic rings. The first-order chi connectivity index (χ1) is 6.24. The topological polar surface area (TPSA) is 57.5 Å². The second kappa shape index (κ2) is 4.62. The monoisotopic (exact) mass is 180 g/mol. The Kier molecular flexibility index (Phi) is 3.46. The number of aryl methyl sites for hydroxylation is 1. The van der Waals surface area contributed by atoms with Crippen molar-refractivity contribution in [2.24, 2.45) is 0 Å². The third-order valence-corrected chi connectivity index (χ3v) is 1.82. The predicted octanol–water partition coefficient (Wildman–Crippen LogP) is 1.31. The van der Waals surface area contributed by atoms with E-state index in [4.69, 9.17) is 10.2 Å². The van der Waals surface area contributed by atoms with Crippen LogP contribution >= 0.6 is 0 Å². The van der Waals surface area contributed by atoms with Crippen molar-refractivity contribution in [3.05, 3.63) is 35.4 Å². The Morgan fingerprint density at radius 3 is 2.31 bits per heavy atom. The SMILES string of the molecule is O=C(O)c1ccc(CCCO)cc1. The quantitative estimate of drug-likeness (QED) is 0.734. The molecule has 0 spiro atoms. The van der Waals surface area contributed by atoms with Gasteiger partial charge in [0, 0.05) is 6.61 Å². The summed E-state index contributed by atoms with van der Waals surface area (Å²) in [5.41, 5.74) is 1.35. The van der Waals surface area contributed by atoms with Gasteiger partial charge in [-0.05, 0) is 30.5 Å². The summed E-state index contributed by atoms with van der Waals surface area (Å²) >= 11 is 0. The number of hydrogen-bond donors (Lipinski definition) is 2. The highest BCUT2D eigenvalue weighted by atomic mass is 16.4. The van der Waals surface area contributed by atoms with Crippen molar-refractivity contribution in [2.75, 3.05) is 6.61 Å². The molecule has 0 saturated heterocycles. The molecule has 0 heterocycles. The van der Waals surface area contributed by atoms with Gasteiger partial charge in [0.2, 0.25) is 0 Å². The molecule has 0 radical (unpaired) electrons. The van der Waals surface area contributed by atoms with E-state index in [0.717, 1.165) is 12.0 Å². The third kappa shape index (κ3) is 2.87. The summed E-state index contributed by atoms with van der Waals surface area (Å²) in [5.74, 6) is -0.909. The largest absolute Gasteiger partial charge is 0.478 e. The van der Waals surface area contributed by atoms with Gasteiger partial charge >= 0.3 is 5.97 Å². The van der Waals surface area contributed by atoms with Crippen LogP contribution < -0.4 is 0 Å². The molecule has 1 rings (SSSR count). The third-order valence-electron chi connectivity index (χ3n) is 1.82. The molecule has 0 atom stereocenters. The number of carboxylic acid groups (broad SMARTS) is 1. The van der Waals surface area contributed by atoms with Crippen LogP contribution in [0, 0.1) is 0 Å². The summed E-state index contributed by atoms with van der Waals surface area (Å²) in [6, 6.07) is 6.71. The highest BCUT2D eigenvalue weighted by molar-refractivity contribution is 5.87. The molecular weight excluding hydrogens is 168 g/mol. The Bertz CT molecular complexity index is 277. The summed E-state index contributed by atoms with van der Waals surface area (Å²) in [6.07, 6.45) is 1.50. The van der Waals surface area contributed by atoms with Crippen LogP contribution in [0.2, 0.25) is 0 Å². The lowest BCUT2D eigenvalue weighted by Crippen LogP contribution is -1.96. The van der Waals surface area contributed by atoms with Crippen molar-refractivity contribution in [3.63, 3.8) is 0 Å². The second-order valence-corrected chi connectivity index (χ2v) is 2.83. The predicted molar refractivity (Wildman–Crippen MR) is 48.8 cm³/mol. The van der Waals surface area contributed by atoms with E-state index < -0.39 is 5.97 Å². The van der Waals surface area contributed by atoms with Crippen molar-refractivity contribution in [2.45, 2.75) is 12.8 Å². The van der Waals surface area contributed by atoms with Gasteiger partial charge in [-0.1, -0.05) is 12.1 Å². The number of aliphatic hydroxyl groups excluding tert-OH is 1. The van der Waals surface area contributed by atoms with Crippen molar-refractivity contribution < 1.29 is 15.0 Å². The molecule has 2 N–H and O–H groups in total. The van der Waals surface area contributed by atoms with Crippen LogP contribution in [0.3, 0.4) is 0 Å². The number of hydrogen-bond acceptors (Lipinski definition) is 2. The van der Waals surface area contributed by atoms with E-state index in [1.54, 1.807) is 24.3 Å². The molecule has 0 unspecified atom stereocenters. The normalized spacial score (nSPS) is 9.92. The summed E-state index contributed by atoms with van der Waals surface area (Å²) in [5, 5.41) is 17.2. The number of carbonyl (C=O) groups is 1. The van der Waals surface area contributed by atoms with Crippen molar-refractivity contribution in [1.29, 1.82) is 0 Å². The Labute approximate surface area is 76.6 Å². The summed E-state index contributed by atoms with van der Waals surface area (Å²) in [7, 11) is 0. The van der Waals surface area contributed by atoms with Gasteiger partial charge in [-0.25, -0.2) is 4.79 Å². The van der Waals surface area contributed by atoms with Crippen LogP contribution in [0.15, 0.2) is 24.3 Å². The van der Waals surface area contributed by atoms with Crippen molar-refractivity contribution >= 4 is 5.97 Å². The maximum atomic E-state index is 10.5. The number of carboxylic acids is 1. The van der Waals surface area contributed by atoms with Gasteiger partial charge in [0.05, 0.1) is 5.56 Å². The molecule has 0 aliphatic heterocycles. The molecule has 0 fully saturated rings. The lowest BCUT2D eigenvalue weighted by molar-refractivity contribution is 0.0697. The maximum absolute atomic E-state index is 10.5. The van der Waals surface area contributed by atoms with E-state index in [1.807, 2.05) is 0 Å². The average Bonchev–Trinajstić information content (AvgIpc) is 2.15. The Morgan fingerprint density at radius 1 is 1.23 bits per heavy atom. The second-order valence-electron chi connectivity index (χ2n) is 2.83. The fourth-order valence-electron chi connectivity index (χ4n) is 1.10. The van der Waals surface area contributed by atoms with E-state index in [9.17, 15) is 4.79 Å². The molecule has 13 heavy (non-hydrogen) atoms. The number of benzene rings is 1. The number of aliphatic hydroxyl groups is 1. The van der Waals surface area contributed by atoms with Crippen LogP contribution in [0.1, 0.15) is 22.3 Å². The van der Waals surface area contributed by atoms with Crippen LogP contribution in [0.4, 0.5) is 0 Å². The smallest absolute Gasteiger partial charge is 0.335 e. The first-order valence-corrected chi connectivity index (χ1v) is 4.17. The lowest BCUT2D eigenvalue weighted by atomic mass is 10.1. The van der Waals surface area contributed by atoms with Gasteiger partial charge in [-0.15, -0.1) is 0 Å². The van der Waals surface area contributed by atoms with Crippen LogP contribution in [0.5, 0.6) is 0 Å². The summed E-state index contributed by atoms with van der Waals surface area (Å²) in [4.78, 5) is 10.5. The minimum Gasteiger partial charge on any atom is -0.478 e. The highest BCUT2D eigenvalue weighted by Gasteiger charge is 2.00. The van der Waals surface area contributed by atoms with Gasteiger partial charge in [0.15, 0.2) is 0 Å². The molecule has 3 nitrogen and oxygen atoms in total. The standard InChI is InChI=1S/C10H12O3/c11-7-1-2-8-3-5-9(6-4-8)10(12)13/h3-6,11H,1-2,7H2,(H,12,13). The van der Waals surface area contributed by atoms with Crippen LogP contribution in [-0.2, 0) is 6.42 Å². The van der Waals surface area contributed by atoms with Gasteiger partial charge in [-0.3, -0.25) is 0 Å². The van der Waals surface area contributed by atoms with Gasteiger partial charge in [0.25, 0.3) is 0 Å². The zero-order chi connectivity index (χ0) is 9.68. The van der Waals surface area contributed by atoms with Crippen LogP contribution in [-0.4, -0.2) is 22.8 Å². The number of rotatable bonds is 4. The molecule has 0 bridgehead atoms. The summed E-state index contributed by atoms with van der Waals surface area (Å²) < 4.78 is 0. The summed E-state index contributed by atoms with van der Waals surface area (Å²) in [6.45, 7) is 0.167. The Balaban J connectivity index is 2.64. The molecule has 0 saturated carbocycles. The zero-order valence-corrected chi connectivity index (χ0v) is 7.23. The highest BCUT2D eigenvalue weighted by Crippen LogP contribution is 2.06. The fraction of sp³-hybridized carbons (Fsp3) is 0.300. The fourth-order valence-corrected chi connectivity index (χ4v) is 1.10. The van der Waals surface area contributed by atoms with E-state index in [2.05, 4.69) is 0 Å². The maximum Gasteiger partial charge on any atom is 0.335 e. The number of aromatic carboxylic acids is 1. The van der Waals surface area contributed by atoms with E-state index in [0.29, 0.717) is 12.0 Å². The van der Waals surface area contributed by atoms with Gasteiger partial charge < -0.3 is 10.2 Å². The van der Waals surface area contributed by atoms with Gasteiger partial charge in [-0.2, -0.15) is 0 Å². The zero-order valence-electron chi connectivity index (χ0n) is 7.23. The Hall–Kier alpha value is -1.35. The average molecular weight is 180 g/mol. The molecule has 1 aromatic carbocycles. The van der Waals surface area contributed by atoms with Crippen molar-refractivity contribution in [1.82, 2.24) is 0 Å². The molecule has 1 aromatic rings. The van der Waals surface area contributed by atoms with E-state index in [-0.39, 0.29) is 6.61 Å². The van der Waals surface area contributed by atoms with Crippen LogP contribution in [0.25, 0.3) is 0 Å². The lowest BCUT2D eigenvalue weighted by Gasteiger charge is -1.99. The first kappa shape index (κ1) is 9.74. The molecular formula is C10H12O3.